The van der Waals surface area contributed by atoms with Crippen LogP contribution in [0.2, 0.25) is 0 Å². The molecule has 1 aliphatic rings. The van der Waals surface area contributed by atoms with E-state index in [-0.39, 0.29) is 15.4 Å². The number of aryl methyl sites for hydroxylation is 1. The van der Waals surface area contributed by atoms with Crippen LogP contribution in [0.25, 0.3) is 0 Å². The second kappa shape index (κ2) is 10.8. The summed E-state index contributed by atoms with van der Waals surface area (Å²) >= 11 is 0. The van der Waals surface area contributed by atoms with Gasteiger partial charge in [-0.25, -0.2) is 16.8 Å². The van der Waals surface area contributed by atoms with Gasteiger partial charge in [-0.1, -0.05) is 18.9 Å². The SMILES string of the molecule is Cc1ccc(C(=O)Nc2ccc(S(=O)(=O)Nc3cccnc3)cc2)cc1S(=O)(=O)N1CCCCCC1. The average Bonchev–Trinajstić information content (AvgIpc) is 3.15. The summed E-state index contributed by atoms with van der Waals surface area (Å²) in [5.74, 6) is -0.494. The maximum atomic E-state index is 13.3. The summed E-state index contributed by atoms with van der Waals surface area (Å²) < 4.78 is 55.7. The molecule has 0 spiro atoms. The number of amides is 1. The summed E-state index contributed by atoms with van der Waals surface area (Å²) in [5.41, 5.74) is 1.48. The standard InChI is InChI=1S/C25H28N4O5S2/c1-19-8-9-20(17-24(19)36(33,34)29-15-4-2-3-5-16-29)25(30)27-21-10-12-23(13-11-21)35(31,32)28-22-7-6-14-26-18-22/h6-14,17-18,28H,2-5,15-16H2,1H3,(H,27,30). The summed E-state index contributed by atoms with van der Waals surface area (Å²) in [6.45, 7) is 2.66. The Morgan fingerprint density at radius 2 is 1.58 bits per heavy atom. The number of rotatable bonds is 7. The number of sulfonamides is 2. The maximum absolute atomic E-state index is 13.3. The van der Waals surface area contributed by atoms with Gasteiger partial charge in [0, 0.05) is 30.5 Å². The summed E-state index contributed by atoms with van der Waals surface area (Å²) in [6, 6.07) is 13.5. The number of carbonyl (C=O) groups excluding carboxylic acids is 1. The first-order valence-electron chi connectivity index (χ1n) is 11.6. The largest absolute Gasteiger partial charge is 0.322 e. The molecule has 3 aromatic rings. The molecule has 9 nitrogen and oxygen atoms in total. The normalized spacial score (nSPS) is 15.1. The average molecular weight is 529 g/mol. The quantitative estimate of drug-likeness (QED) is 0.477. The van der Waals surface area contributed by atoms with Crippen LogP contribution in [-0.2, 0) is 20.0 Å². The fraction of sp³-hybridized carbons (Fsp3) is 0.280. The first kappa shape index (κ1) is 25.8. The van der Waals surface area contributed by atoms with Gasteiger partial charge in [-0.2, -0.15) is 4.31 Å². The molecule has 2 N–H and O–H groups in total. The Morgan fingerprint density at radius 1 is 0.889 bits per heavy atom. The van der Waals surface area contributed by atoms with E-state index in [0.717, 1.165) is 25.7 Å². The predicted octanol–water partition coefficient (Wildman–Crippen LogP) is 4.01. The van der Waals surface area contributed by atoms with Gasteiger partial charge in [0.05, 0.1) is 21.7 Å². The van der Waals surface area contributed by atoms with Crippen LogP contribution in [0.5, 0.6) is 0 Å². The highest BCUT2D eigenvalue weighted by Gasteiger charge is 2.27. The number of hydrogen-bond donors (Lipinski definition) is 2. The van der Waals surface area contributed by atoms with Crippen molar-refractivity contribution < 1.29 is 21.6 Å². The molecule has 0 unspecified atom stereocenters. The van der Waals surface area contributed by atoms with Gasteiger partial charge in [-0.3, -0.25) is 14.5 Å². The van der Waals surface area contributed by atoms with Crippen LogP contribution in [-0.4, -0.2) is 45.1 Å². The summed E-state index contributed by atoms with van der Waals surface area (Å²) in [5, 5.41) is 2.70. The molecule has 190 valence electrons. The minimum absolute atomic E-state index is 0.0190. The van der Waals surface area contributed by atoms with E-state index in [1.54, 1.807) is 31.2 Å². The van der Waals surface area contributed by atoms with E-state index in [0.29, 0.717) is 30.0 Å². The molecule has 0 aliphatic carbocycles. The van der Waals surface area contributed by atoms with Gasteiger partial charge < -0.3 is 5.32 Å². The lowest BCUT2D eigenvalue weighted by Gasteiger charge is -2.21. The van der Waals surface area contributed by atoms with Gasteiger partial charge >= 0.3 is 0 Å². The topological polar surface area (TPSA) is 126 Å². The van der Waals surface area contributed by atoms with Crippen molar-refractivity contribution in [2.75, 3.05) is 23.1 Å². The highest BCUT2D eigenvalue weighted by molar-refractivity contribution is 7.92. The lowest BCUT2D eigenvalue weighted by Crippen LogP contribution is -2.32. The molecule has 36 heavy (non-hydrogen) atoms. The van der Waals surface area contributed by atoms with Crippen molar-refractivity contribution in [1.29, 1.82) is 0 Å². The Labute approximate surface area is 211 Å². The smallest absolute Gasteiger partial charge is 0.261 e. The Hall–Kier alpha value is -3.28. The third-order valence-electron chi connectivity index (χ3n) is 5.97. The van der Waals surface area contributed by atoms with Crippen molar-refractivity contribution in [1.82, 2.24) is 9.29 Å². The van der Waals surface area contributed by atoms with E-state index in [4.69, 9.17) is 0 Å². The van der Waals surface area contributed by atoms with Crippen LogP contribution >= 0.6 is 0 Å². The Balaban J connectivity index is 1.50. The third-order valence-corrected chi connectivity index (χ3v) is 9.41. The number of hydrogen-bond acceptors (Lipinski definition) is 6. The third kappa shape index (κ3) is 5.92. The molecule has 0 saturated carbocycles. The van der Waals surface area contributed by atoms with Crippen LogP contribution in [0.1, 0.15) is 41.6 Å². The molecule has 1 aliphatic heterocycles. The first-order valence-corrected chi connectivity index (χ1v) is 14.5. The molecule has 0 bridgehead atoms. The molecule has 1 saturated heterocycles. The van der Waals surface area contributed by atoms with Crippen molar-refractivity contribution in [3.05, 3.63) is 78.1 Å². The van der Waals surface area contributed by atoms with Crippen LogP contribution in [0.3, 0.4) is 0 Å². The van der Waals surface area contributed by atoms with E-state index < -0.39 is 26.0 Å². The summed E-state index contributed by atoms with van der Waals surface area (Å²) in [7, 11) is -7.54. The van der Waals surface area contributed by atoms with Gasteiger partial charge in [0.2, 0.25) is 10.0 Å². The van der Waals surface area contributed by atoms with Crippen LogP contribution in [0.4, 0.5) is 11.4 Å². The molecule has 2 heterocycles. The zero-order valence-electron chi connectivity index (χ0n) is 19.8. The van der Waals surface area contributed by atoms with Gasteiger partial charge in [0.15, 0.2) is 0 Å². The molecule has 1 fully saturated rings. The number of carbonyl (C=O) groups is 1. The van der Waals surface area contributed by atoms with E-state index in [9.17, 15) is 21.6 Å². The van der Waals surface area contributed by atoms with Gasteiger partial charge in [-0.05, 0) is 73.9 Å². The fourth-order valence-electron chi connectivity index (χ4n) is 4.00. The summed E-state index contributed by atoms with van der Waals surface area (Å²) in [6.07, 6.45) is 6.59. The minimum atomic E-state index is -3.82. The first-order chi connectivity index (χ1) is 17.2. The number of pyridine rings is 1. The van der Waals surface area contributed by atoms with Crippen molar-refractivity contribution in [2.24, 2.45) is 0 Å². The number of benzene rings is 2. The van der Waals surface area contributed by atoms with Crippen LogP contribution in [0.15, 0.2) is 76.8 Å². The lowest BCUT2D eigenvalue weighted by atomic mass is 10.1. The second-order valence-electron chi connectivity index (χ2n) is 8.62. The predicted molar refractivity (Wildman–Crippen MR) is 138 cm³/mol. The molecule has 0 atom stereocenters. The van der Waals surface area contributed by atoms with Gasteiger partial charge in [0.1, 0.15) is 0 Å². The molecule has 2 aromatic carbocycles. The zero-order chi connectivity index (χ0) is 25.8. The second-order valence-corrected chi connectivity index (χ2v) is 12.2. The number of nitrogens with zero attached hydrogens (tertiary/aromatic N) is 2. The molecule has 1 amide bonds. The van der Waals surface area contributed by atoms with Gasteiger partial charge in [0.25, 0.3) is 15.9 Å². The Kier molecular flexibility index (Phi) is 7.72. The summed E-state index contributed by atoms with van der Waals surface area (Å²) in [4.78, 5) is 16.9. The van der Waals surface area contributed by atoms with E-state index >= 15 is 0 Å². The van der Waals surface area contributed by atoms with Gasteiger partial charge in [-0.15, -0.1) is 0 Å². The molecular formula is C25H28N4O5S2. The lowest BCUT2D eigenvalue weighted by molar-refractivity contribution is 0.102. The molecule has 4 rings (SSSR count). The van der Waals surface area contributed by atoms with Crippen LogP contribution in [0, 0.1) is 6.92 Å². The monoisotopic (exact) mass is 528 g/mol. The van der Waals surface area contributed by atoms with Crippen molar-refractivity contribution in [3.63, 3.8) is 0 Å². The zero-order valence-corrected chi connectivity index (χ0v) is 21.5. The number of aromatic nitrogens is 1. The van der Waals surface area contributed by atoms with Crippen molar-refractivity contribution in [3.8, 4) is 0 Å². The maximum Gasteiger partial charge on any atom is 0.261 e. The molecule has 11 heteroatoms. The van der Waals surface area contributed by atoms with Crippen LogP contribution < -0.4 is 10.0 Å². The molecular weight excluding hydrogens is 500 g/mol. The van der Waals surface area contributed by atoms with Crippen molar-refractivity contribution in [2.45, 2.75) is 42.4 Å². The van der Waals surface area contributed by atoms with E-state index in [1.165, 1.54) is 47.0 Å². The highest BCUT2D eigenvalue weighted by Crippen LogP contribution is 2.25. The van der Waals surface area contributed by atoms with Crippen molar-refractivity contribution >= 4 is 37.3 Å². The Bertz CT molecular complexity index is 1430. The number of nitrogens with one attached hydrogen (secondary N) is 2. The molecule has 1 aromatic heterocycles. The highest BCUT2D eigenvalue weighted by atomic mass is 32.2. The number of anilines is 2. The van der Waals surface area contributed by atoms with E-state index in [2.05, 4.69) is 15.0 Å². The fourth-order valence-corrected chi connectivity index (χ4v) is 6.81. The molecule has 0 radical (unpaired) electrons. The Morgan fingerprint density at radius 3 is 2.22 bits per heavy atom. The minimum Gasteiger partial charge on any atom is -0.322 e. The van der Waals surface area contributed by atoms with E-state index in [1.807, 2.05) is 0 Å².